The number of aromatic nitrogens is 2. The van der Waals surface area contributed by atoms with E-state index in [-0.39, 0.29) is 24.7 Å². The van der Waals surface area contributed by atoms with Crippen molar-refractivity contribution in [2.75, 3.05) is 6.79 Å². The lowest BCUT2D eigenvalue weighted by Crippen LogP contribution is -2.25. The van der Waals surface area contributed by atoms with E-state index in [4.69, 9.17) is 9.47 Å². The van der Waals surface area contributed by atoms with Crippen molar-refractivity contribution in [3.63, 3.8) is 0 Å². The van der Waals surface area contributed by atoms with Gasteiger partial charge in [-0.15, -0.1) is 0 Å². The molecule has 0 spiro atoms. The molecule has 0 unspecified atom stereocenters. The van der Waals surface area contributed by atoms with Crippen LogP contribution in [-0.2, 0) is 26.2 Å². The van der Waals surface area contributed by atoms with Gasteiger partial charge in [-0.05, 0) is 48.4 Å². The van der Waals surface area contributed by atoms with E-state index in [1.807, 2.05) is 17.0 Å². The minimum absolute atomic E-state index is 0.1000. The molecule has 5 nitrogen and oxygen atoms in total. The first-order chi connectivity index (χ1) is 18.4. The number of benzene rings is 3. The van der Waals surface area contributed by atoms with Crippen molar-refractivity contribution in [2.45, 2.75) is 45.9 Å². The average molecular weight is 526 g/mol. The normalized spacial score (nSPS) is 12.5. The highest BCUT2D eigenvalue weighted by Crippen LogP contribution is 2.33. The van der Waals surface area contributed by atoms with E-state index < -0.39 is 17.5 Å². The van der Waals surface area contributed by atoms with Gasteiger partial charge in [-0.2, -0.15) is 0 Å². The summed E-state index contributed by atoms with van der Waals surface area (Å²) in [4.78, 5) is 6.48. The molecule has 4 aromatic rings. The molecule has 1 aromatic heterocycles. The van der Waals surface area contributed by atoms with Gasteiger partial charge in [-0.25, -0.2) is 22.5 Å². The topological polar surface area (TPSA) is 39.5 Å². The van der Waals surface area contributed by atoms with Gasteiger partial charge in [0.2, 0.25) is 6.79 Å². The molecule has 1 aliphatic rings. The van der Waals surface area contributed by atoms with Gasteiger partial charge in [0.1, 0.15) is 29.1 Å². The third-order valence-corrected chi connectivity index (χ3v) is 6.49. The predicted molar refractivity (Wildman–Crippen MR) is 134 cm³/mol. The molecule has 0 atom stereocenters. The number of unbranched alkanes of at least 4 members (excludes halogenated alkanes) is 1. The van der Waals surface area contributed by atoms with Crippen LogP contribution >= 0.6 is 0 Å². The monoisotopic (exact) mass is 525 g/mol. The van der Waals surface area contributed by atoms with E-state index in [9.17, 15) is 17.6 Å². The highest BCUT2D eigenvalue weighted by molar-refractivity contribution is 5.56. The van der Waals surface area contributed by atoms with E-state index in [0.29, 0.717) is 49.1 Å². The first kappa shape index (κ1) is 25.8. The van der Waals surface area contributed by atoms with Gasteiger partial charge in [0, 0.05) is 49.4 Å². The Hall–Kier alpha value is -3.85. The lowest BCUT2D eigenvalue weighted by Gasteiger charge is -2.24. The van der Waals surface area contributed by atoms with Crippen LogP contribution in [0, 0.1) is 23.3 Å². The zero-order chi connectivity index (χ0) is 26.6. The number of halogens is 4. The Bertz CT molecular complexity index is 1400. The summed E-state index contributed by atoms with van der Waals surface area (Å²) in [6.45, 7) is 3.44. The summed E-state index contributed by atoms with van der Waals surface area (Å²) < 4.78 is 69.3. The second-order valence-electron chi connectivity index (χ2n) is 9.27. The van der Waals surface area contributed by atoms with Crippen LogP contribution in [0.1, 0.15) is 36.6 Å². The summed E-state index contributed by atoms with van der Waals surface area (Å²) in [5, 5.41) is 0. The highest BCUT2D eigenvalue weighted by atomic mass is 19.1. The van der Waals surface area contributed by atoms with Crippen LogP contribution < -0.4 is 9.47 Å². The van der Waals surface area contributed by atoms with Crippen LogP contribution in [-0.4, -0.2) is 21.2 Å². The zero-order valence-corrected chi connectivity index (χ0v) is 20.9. The molecular weight excluding hydrogens is 498 g/mol. The van der Waals surface area contributed by atoms with Crippen molar-refractivity contribution in [2.24, 2.45) is 0 Å². The zero-order valence-electron chi connectivity index (χ0n) is 20.9. The van der Waals surface area contributed by atoms with Crippen molar-refractivity contribution in [3.8, 4) is 22.9 Å². The molecule has 3 aromatic carbocycles. The molecule has 0 amide bonds. The van der Waals surface area contributed by atoms with E-state index in [0.717, 1.165) is 29.7 Å². The molecule has 0 saturated heterocycles. The van der Waals surface area contributed by atoms with Gasteiger partial charge in [-0.3, -0.25) is 4.90 Å². The molecule has 9 heteroatoms. The van der Waals surface area contributed by atoms with Gasteiger partial charge in [0.15, 0.2) is 11.5 Å². The molecule has 38 heavy (non-hydrogen) atoms. The van der Waals surface area contributed by atoms with E-state index in [2.05, 4.69) is 16.5 Å². The highest BCUT2D eigenvalue weighted by Gasteiger charge is 2.21. The molecule has 2 heterocycles. The van der Waals surface area contributed by atoms with Crippen molar-refractivity contribution in [1.29, 1.82) is 0 Å². The number of hydrogen-bond donors (Lipinski definition) is 0. The molecule has 0 fully saturated rings. The number of ether oxygens (including phenoxy) is 2. The summed E-state index contributed by atoms with van der Waals surface area (Å²) in [7, 11) is 0. The first-order valence-electron chi connectivity index (χ1n) is 12.5. The van der Waals surface area contributed by atoms with Crippen LogP contribution in [0.4, 0.5) is 17.6 Å². The third-order valence-electron chi connectivity index (χ3n) is 6.49. The minimum atomic E-state index is -0.965. The lowest BCUT2D eigenvalue weighted by molar-refractivity contribution is 0.174. The molecule has 0 bridgehead atoms. The van der Waals surface area contributed by atoms with Gasteiger partial charge < -0.3 is 14.0 Å². The average Bonchev–Trinajstić information content (AvgIpc) is 3.52. The summed E-state index contributed by atoms with van der Waals surface area (Å²) in [5.74, 6) is -1.25. The maximum absolute atomic E-state index is 14.6. The van der Waals surface area contributed by atoms with E-state index in [1.165, 1.54) is 12.1 Å². The van der Waals surface area contributed by atoms with E-state index in [1.54, 1.807) is 24.4 Å². The van der Waals surface area contributed by atoms with Gasteiger partial charge in [-0.1, -0.05) is 19.4 Å². The maximum Gasteiger partial charge on any atom is 0.231 e. The maximum atomic E-state index is 14.6. The molecular formula is C29H27F4N3O2. The Balaban J connectivity index is 1.49. The molecule has 5 rings (SSSR count). The van der Waals surface area contributed by atoms with Crippen LogP contribution in [0.25, 0.3) is 11.4 Å². The molecule has 198 valence electrons. The summed E-state index contributed by atoms with van der Waals surface area (Å²) in [6, 6.07) is 13.0. The van der Waals surface area contributed by atoms with Crippen LogP contribution in [0.5, 0.6) is 11.5 Å². The van der Waals surface area contributed by atoms with Crippen molar-refractivity contribution in [1.82, 2.24) is 14.5 Å². The first-order valence-corrected chi connectivity index (χ1v) is 12.5. The Kier molecular flexibility index (Phi) is 7.64. The molecule has 0 radical (unpaired) electrons. The summed E-state index contributed by atoms with van der Waals surface area (Å²) >= 11 is 0. The van der Waals surface area contributed by atoms with Gasteiger partial charge >= 0.3 is 0 Å². The summed E-state index contributed by atoms with van der Waals surface area (Å²) in [6.07, 6.45) is 3.58. The fourth-order valence-corrected chi connectivity index (χ4v) is 4.57. The van der Waals surface area contributed by atoms with Gasteiger partial charge in [0.25, 0.3) is 0 Å². The SMILES string of the molecule is CCCCn1c(CN(Cc2ccc3c(c2)OCO3)Cc2c(F)cc(F)cc2F)cnc1-c1ccc(F)cc1. The Morgan fingerprint density at radius 1 is 0.842 bits per heavy atom. The molecule has 1 aliphatic heterocycles. The summed E-state index contributed by atoms with van der Waals surface area (Å²) in [5.41, 5.74) is 2.24. The van der Waals surface area contributed by atoms with Crippen LogP contribution in [0.15, 0.2) is 60.8 Å². The fourth-order valence-electron chi connectivity index (χ4n) is 4.57. The van der Waals surface area contributed by atoms with Gasteiger partial charge in [0.05, 0.1) is 11.9 Å². The Morgan fingerprint density at radius 3 is 2.32 bits per heavy atom. The number of hydrogen-bond acceptors (Lipinski definition) is 4. The predicted octanol–water partition coefficient (Wildman–Crippen LogP) is 6.84. The number of nitrogens with zero attached hydrogens (tertiary/aromatic N) is 3. The lowest BCUT2D eigenvalue weighted by atomic mass is 10.1. The largest absolute Gasteiger partial charge is 0.454 e. The minimum Gasteiger partial charge on any atom is -0.454 e. The van der Waals surface area contributed by atoms with Crippen molar-refractivity contribution >= 4 is 0 Å². The van der Waals surface area contributed by atoms with Crippen LogP contribution in [0.3, 0.4) is 0 Å². The van der Waals surface area contributed by atoms with Crippen LogP contribution in [0.2, 0.25) is 0 Å². The smallest absolute Gasteiger partial charge is 0.231 e. The molecule has 0 N–H and O–H groups in total. The quantitative estimate of drug-likeness (QED) is 0.213. The number of imidazole rings is 1. The third kappa shape index (κ3) is 5.67. The van der Waals surface area contributed by atoms with Crippen molar-refractivity contribution in [3.05, 3.63) is 101 Å². The fraction of sp³-hybridized carbons (Fsp3) is 0.276. The second-order valence-corrected chi connectivity index (χ2v) is 9.27. The Labute approximate surface area is 218 Å². The Morgan fingerprint density at radius 2 is 1.58 bits per heavy atom. The standard InChI is InChI=1S/C29H27F4N3O2/c1-2-3-10-36-23(14-34-29(36)20-5-7-21(30)8-6-20)16-35(17-24-25(32)12-22(31)13-26(24)33)15-19-4-9-27-28(11-19)38-18-37-27/h4-9,11-14H,2-3,10,15-18H2,1H3. The second kappa shape index (κ2) is 11.3. The van der Waals surface area contributed by atoms with E-state index >= 15 is 0 Å². The molecule has 0 saturated carbocycles. The van der Waals surface area contributed by atoms with Crippen molar-refractivity contribution < 1.29 is 27.0 Å². The number of rotatable bonds is 10. The number of fused-ring (bicyclic) bond motifs is 1. The molecule has 0 aliphatic carbocycles.